The van der Waals surface area contributed by atoms with E-state index in [0.29, 0.717) is 12.5 Å². The molecule has 3 rings (SSSR count). The van der Waals surface area contributed by atoms with Crippen molar-refractivity contribution in [3.63, 3.8) is 0 Å². The Morgan fingerprint density at radius 3 is 2.68 bits per heavy atom. The summed E-state index contributed by atoms with van der Waals surface area (Å²) in [5.41, 5.74) is 3.37. The van der Waals surface area contributed by atoms with Gasteiger partial charge in [-0.05, 0) is 11.5 Å². The molecular weight excluding hydrogens is 294 g/mol. The number of hydrogen-bond acceptors (Lipinski definition) is 5. The number of nitrogens with zero attached hydrogens (tertiary/aromatic N) is 5. The minimum Gasteiger partial charge on any atom is -0.246 e. The lowest BCUT2D eigenvalue weighted by Gasteiger charge is -2.05. The van der Waals surface area contributed by atoms with Crippen molar-refractivity contribution in [3.05, 3.63) is 53.1 Å². The first-order valence-electron chi connectivity index (χ1n) is 7.00. The molecular formula is C16H15N5S. The highest BCUT2D eigenvalue weighted by molar-refractivity contribution is 7.13. The quantitative estimate of drug-likeness (QED) is 0.740. The van der Waals surface area contributed by atoms with Crippen LogP contribution in [-0.2, 0) is 6.54 Å². The molecule has 2 aromatic heterocycles. The molecule has 0 amide bonds. The number of rotatable bonds is 4. The second kappa shape index (κ2) is 6.08. The van der Waals surface area contributed by atoms with Crippen LogP contribution >= 0.6 is 11.3 Å². The summed E-state index contributed by atoms with van der Waals surface area (Å²) in [5, 5.41) is 15.8. The maximum absolute atomic E-state index is 8.73. The van der Waals surface area contributed by atoms with Gasteiger partial charge in [-0.2, -0.15) is 5.26 Å². The van der Waals surface area contributed by atoms with Gasteiger partial charge in [-0.3, -0.25) is 0 Å². The Labute approximate surface area is 132 Å². The molecule has 0 saturated heterocycles. The molecule has 0 N–H and O–H groups in total. The molecule has 22 heavy (non-hydrogen) atoms. The maximum atomic E-state index is 8.73. The summed E-state index contributed by atoms with van der Waals surface area (Å²) in [6.07, 6.45) is 1.55. The molecule has 0 radical (unpaired) electrons. The third kappa shape index (κ3) is 3.05. The highest BCUT2D eigenvalue weighted by Crippen LogP contribution is 2.26. The molecule has 110 valence electrons. The van der Waals surface area contributed by atoms with Gasteiger partial charge in [0.2, 0.25) is 0 Å². The Hall–Kier alpha value is -2.52. The van der Waals surface area contributed by atoms with Crippen LogP contribution in [0.5, 0.6) is 0 Å². The summed E-state index contributed by atoms with van der Waals surface area (Å²) in [7, 11) is 0. The summed E-state index contributed by atoms with van der Waals surface area (Å²) < 4.78 is 1.62. The fourth-order valence-electron chi connectivity index (χ4n) is 2.11. The highest BCUT2D eigenvalue weighted by atomic mass is 32.1. The second-order valence-electron chi connectivity index (χ2n) is 5.30. The predicted octanol–water partition coefficient (Wildman–Crippen LogP) is 3.44. The zero-order chi connectivity index (χ0) is 15.5. The van der Waals surface area contributed by atoms with E-state index in [1.807, 2.05) is 11.4 Å². The van der Waals surface area contributed by atoms with E-state index in [-0.39, 0.29) is 5.82 Å². The van der Waals surface area contributed by atoms with Gasteiger partial charge in [-0.1, -0.05) is 38.1 Å². The van der Waals surface area contributed by atoms with Crippen LogP contribution in [0.1, 0.15) is 36.8 Å². The molecule has 0 aliphatic rings. The lowest BCUT2D eigenvalue weighted by molar-refractivity contribution is 0.672. The van der Waals surface area contributed by atoms with Gasteiger partial charge in [0.25, 0.3) is 5.82 Å². The van der Waals surface area contributed by atoms with Crippen LogP contribution in [0.2, 0.25) is 0 Å². The maximum Gasteiger partial charge on any atom is 0.252 e. The third-order valence-corrected chi connectivity index (χ3v) is 4.28. The highest BCUT2D eigenvalue weighted by Gasteiger charge is 2.07. The van der Waals surface area contributed by atoms with E-state index < -0.39 is 0 Å². The lowest BCUT2D eigenvalue weighted by Crippen LogP contribution is -2.00. The summed E-state index contributed by atoms with van der Waals surface area (Å²) >= 11 is 1.61. The number of thiazole rings is 1. The zero-order valence-corrected chi connectivity index (χ0v) is 13.2. The first-order valence-corrected chi connectivity index (χ1v) is 7.88. The van der Waals surface area contributed by atoms with Gasteiger partial charge in [0, 0.05) is 10.9 Å². The van der Waals surface area contributed by atoms with Gasteiger partial charge in [-0.25, -0.2) is 14.6 Å². The molecule has 0 aliphatic heterocycles. The number of benzene rings is 1. The number of aromatic nitrogens is 4. The second-order valence-corrected chi connectivity index (χ2v) is 6.16. The standard InChI is InChI=1S/C16H15N5S/c1-11(2)12-3-5-13(6-4-12)16-19-14(9-22-16)8-21-10-18-15(7-17)20-21/h3-6,9-11H,8H2,1-2H3. The third-order valence-electron chi connectivity index (χ3n) is 3.34. The van der Waals surface area contributed by atoms with Crippen molar-refractivity contribution in [2.45, 2.75) is 26.3 Å². The van der Waals surface area contributed by atoms with Crippen molar-refractivity contribution >= 4 is 11.3 Å². The first kappa shape index (κ1) is 14.4. The number of hydrogen-bond donors (Lipinski definition) is 0. The fraction of sp³-hybridized carbons (Fsp3) is 0.250. The van der Waals surface area contributed by atoms with E-state index >= 15 is 0 Å². The Kier molecular flexibility index (Phi) is 3.98. The Morgan fingerprint density at radius 1 is 1.27 bits per heavy atom. The van der Waals surface area contributed by atoms with E-state index in [9.17, 15) is 0 Å². The molecule has 0 spiro atoms. The van der Waals surface area contributed by atoms with E-state index in [1.165, 1.54) is 5.56 Å². The molecule has 0 saturated carbocycles. The molecule has 0 aliphatic carbocycles. The average Bonchev–Trinajstić information content (AvgIpc) is 3.17. The van der Waals surface area contributed by atoms with Crippen LogP contribution in [0.3, 0.4) is 0 Å². The molecule has 0 fully saturated rings. The van der Waals surface area contributed by atoms with Crippen molar-refractivity contribution in [1.29, 1.82) is 5.26 Å². The van der Waals surface area contributed by atoms with Crippen molar-refractivity contribution < 1.29 is 0 Å². The molecule has 0 atom stereocenters. The van der Waals surface area contributed by atoms with Gasteiger partial charge < -0.3 is 0 Å². The normalized spacial score (nSPS) is 10.8. The van der Waals surface area contributed by atoms with Crippen LogP contribution in [0.4, 0.5) is 0 Å². The monoisotopic (exact) mass is 309 g/mol. The minimum absolute atomic E-state index is 0.180. The zero-order valence-electron chi connectivity index (χ0n) is 12.4. The predicted molar refractivity (Wildman–Crippen MR) is 85.5 cm³/mol. The van der Waals surface area contributed by atoms with E-state index in [4.69, 9.17) is 5.26 Å². The first-order chi connectivity index (χ1) is 10.7. The molecule has 1 aromatic carbocycles. The van der Waals surface area contributed by atoms with Gasteiger partial charge >= 0.3 is 0 Å². The van der Waals surface area contributed by atoms with E-state index in [1.54, 1.807) is 22.3 Å². The lowest BCUT2D eigenvalue weighted by atomic mass is 10.0. The van der Waals surface area contributed by atoms with Crippen molar-refractivity contribution in [2.24, 2.45) is 0 Å². The van der Waals surface area contributed by atoms with Gasteiger partial charge in [-0.15, -0.1) is 16.4 Å². The van der Waals surface area contributed by atoms with Crippen LogP contribution in [0.25, 0.3) is 10.6 Å². The molecule has 3 aromatic rings. The molecule has 5 nitrogen and oxygen atoms in total. The van der Waals surface area contributed by atoms with E-state index in [0.717, 1.165) is 16.3 Å². The summed E-state index contributed by atoms with van der Waals surface area (Å²) in [5.74, 6) is 0.710. The largest absolute Gasteiger partial charge is 0.252 e. The van der Waals surface area contributed by atoms with Gasteiger partial charge in [0.05, 0.1) is 12.2 Å². The van der Waals surface area contributed by atoms with E-state index in [2.05, 4.69) is 53.2 Å². The fourth-order valence-corrected chi connectivity index (χ4v) is 2.93. The molecule has 6 heteroatoms. The average molecular weight is 309 g/mol. The van der Waals surface area contributed by atoms with Crippen LogP contribution < -0.4 is 0 Å². The number of nitriles is 1. The van der Waals surface area contributed by atoms with Crippen LogP contribution in [0.15, 0.2) is 36.0 Å². The summed E-state index contributed by atoms with van der Waals surface area (Å²) in [4.78, 5) is 8.52. The molecule has 2 heterocycles. The Balaban J connectivity index is 1.77. The SMILES string of the molecule is CC(C)c1ccc(-c2nc(Cn3cnc(C#N)n3)cs2)cc1. The molecule has 0 unspecified atom stereocenters. The van der Waals surface area contributed by atoms with Crippen molar-refractivity contribution in [2.75, 3.05) is 0 Å². The summed E-state index contributed by atoms with van der Waals surface area (Å²) in [6, 6.07) is 10.4. The van der Waals surface area contributed by atoms with Crippen molar-refractivity contribution in [3.8, 4) is 16.6 Å². The van der Waals surface area contributed by atoms with Crippen LogP contribution in [0, 0.1) is 11.3 Å². The Bertz CT molecular complexity index is 808. The molecule has 0 bridgehead atoms. The van der Waals surface area contributed by atoms with Crippen molar-refractivity contribution in [1.82, 2.24) is 19.7 Å². The van der Waals surface area contributed by atoms with Gasteiger partial charge in [0.1, 0.15) is 17.4 Å². The Morgan fingerprint density at radius 2 is 2.05 bits per heavy atom. The van der Waals surface area contributed by atoms with Gasteiger partial charge in [0.15, 0.2) is 0 Å². The topological polar surface area (TPSA) is 67.4 Å². The minimum atomic E-state index is 0.180. The summed E-state index contributed by atoms with van der Waals surface area (Å²) in [6.45, 7) is 4.89. The smallest absolute Gasteiger partial charge is 0.246 e. The van der Waals surface area contributed by atoms with Crippen LogP contribution in [-0.4, -0.2) is 19.7 Å².